The van der Waals surface area contributed by atoms with E-state index in [1.54, 1.807) is 0 Å². The van der Waals surface area contributed by atoms with Crippen LogP contribution >= 0.6 is 0 Å². The molecule has 0 aromatic heterocycles. The smallest absolute Gasteiger partial charge is 0.137 e. The van der Waals surface area contributed by atoms with Crippen molar-refractivity contribution in [2.75, 3.05) is 6.61 Å². The van der Waals surface area contributed by atoms with Crippen LogP contribution in [-0.2, 0) is 5.41 Å². The maximum absolute atomic E-state index is 9.45. The lowest BCUT2D eigenvalue weighted by Crippen LogP contribution is -2.43. The molecule has 0 aliphatic heterocycles. The van der Waals surface area contributed by atoms with E-state index in [0.717, 1.165) is 25.0 Å². The van der Waals surface area contributed by atoms with Gasteiger partial charge in [0, 0.05) is 6.04 Å². The molecule has 0 heterocycles. The van der Waals surface area contributed by atoms with Crippen LogP contribution in [0, 0.1) is 5.92 Å². The zero-order valence-electron chi connectivity index (χ0n) is 12.8. The van der Waals surface area contributed by atoms with Crippen molar-refractivity contribution in [3.8, 4) is 5.75 Å². The van der Waals surface area contributed by atoms with Gasteiger partial charge in [-0.3, -0.25) is 0 Å². The number of hydrogen-bond donors (Lipinski definition) is 2. The van der Waals surface area contributed by atoms with Crippen LogP contribution in [0.4, 0.5) is 0 Å². The zero-order valence-corrected chi connectivity index (χ0v) is 12.8. The SMILES string of the molecule is CCC(C)(C)c1ccc(OC(CO)C(N)C2CC2)cc1. The van der Waals surface area contributed by atoms with Crippen molar-refractivity contribution in [1.82, 2.24) is 0 Å². The van der Waals surface area contributed by atoms with Gasteiger partial charge in [-0.25, -0.2) is 0 Å². The molecule has 0 radical (unpaired) electrons. The predicted octanol–water partition coefficient (Wildman–Crippen LogP) is 2.85. The van der Waals surface area contributed by atoms with Crippen LogP contribution in [0.1, 0.15) is 45.6 Å². The first-order valence-electron chi connectivity index (χ1n) is 7.61. The lowest BCUT2D eigenvalue weighted by Gasteiger charge is -2.25. The highest BCUT2D eigenvalue weighted by molar-refractivity contribution is 5.31. The molecule has 1 fully saturated rings. The number of hydrogen-bond acceptors (Lipinski definition) is 3. The fourth-order valence-corrected chi connectivity index (χ4v) is 2.39. The highest BCUT2D eigenvalue weighted by Crippen LogP contribution is 2.34. The third-order valence-corrected chi connectivity index (χ3v) is 4.58. The van der Waals surface area contributed by atoms with Crippen LogP contribution in [0.15, 0.2) is 24.3 Å². The van der Waals surface area contributed by atoms with E-state index in [-0.39, 0.29) is 24.2 Å². The van der Waals surface area contributed by atoms with Gasteiger partial charge in [0.25, 0.3) is 0 Å². The number of nitrogens with two attached hydrogens (primary N) is 1. The Labute approximate surface area is 122 Å². The minimum atomic E-state index is -0.299. The predicted molar refractivity (Wildman–Crippen MR) is 82.0 cm³/mol. The summed E-state index contributed by atoms with van der Waals surface area (Å²) in [6, 6.07) is 8.11. The molecule has 1 aliphatic rings. The molecule has 1 aromatic rings. The fourth-order valence-electron chi connectivity index (χ4n) is 2.39. The number of rotatable bonds is 7. The standard InChI is InChI=1S/C17H27NO2/c1-4-17(2,3)13-7-9-14(10-8-13)20-15(11-19)16(18)12-5-6-12/h7-10,12,15-16,19H,4-6,11,18H2,1-3H3. The maximum Gasteiger partial charge on any atom is 0.137 e. The molecule has 2 rings (SSSR count). The van der Waals surface area contributed by atoms with Crippen molar-refractivity contribution in [2.24, 2.45) is 11.7 Å². The Morgan fingerprint density at radius 1 is 1.30 bits per heavy atom. The van der Waals surface area contributed by atoms with E-state index in [9.17, 15) is 5.11 Å². The van der Waals surface area contributed by atoms with Gasteiger partial charge in [-0.15, -0.1) is 0 Å². The summed E-state index contributed by atoms with van der Waals surface area (Å²) < 4.78 is 5.85. The molecule has 0 saturated heterocycles. The van der Waals surface area contributed by atoms with Gasteiger partial charge < -0.3 is 15.6 Å². The monoisotopic (exact) mass is 277 g/mol. The van der Waals surface area contributed by atoms with Gasteiger partial charge in [0.1, 0.15) is 11.9 Å². The highest BCUT2D eigenvalue weighted by Gasteiger charge is 2.34. The van der Waals surface area contributed by atoms with Crippen molar-refractivity contribution in [2.45, 2.75) is 57.6 Å². The van der Waals surface area contributed by atoms with Crippen molar-refractivity contribution >= 4 is 0 Å². The van der Waals surface area contributed by atoms with Crippen LogP contribution in [0.2, 0.25) is 0 Å². The molecule has 3 nitrogen and oxygen atoms in total. The Balaban J connectivity index is 2.02. The molecule has 3 heteroatoms. The molecule has 1 aliphatic carbocycles. The molecule has 2 atom stereocenters. The Bertz CT molecular complexity index is 423. The second-order valence-corrected chi connectivity index (χ2v) is 6.52. The van der Waals surface area contributed by atoms with Gasteiger partial charge in [0.2, 0.25) is 0 Å². The summed E-state index contributed by atoms with van der Waals surface area (Å²) in [5.41, 5.74) is 7.60. The number of ether oxygens (including phenoxy) is 1. The van der Waals surface area contributed by atoms with Crippen LogP contribution in [0.3, 0.4) is 0 Å². The van der Waals surface area contributed by atoms with E-state index >= 15 is 0 Å². The molecule has 112 valence electrons. The molecule has 2 unspecified atom stereocenters. The molecule has 3 N–H and O–H groups in total. The largest absolute Gasteiger partial charge is 0.486 e. The summed E-state index contributed by atoms with van der Waals surface area (Å²) in [6.07, 6.45) is 3.11. The van der Waals surface area contributed by atoms with Crippen molar-refractivity contribution < 1.29 is 9.84 Å². The summed E-state index contributed by atoms with van der Waals surface area (Å²) >= 11 is 0. The van der Waals surface area contributed by atoms with Crippen LogP contribution in [-0.4, -0.2) is 23.9 Å². The molecule has 0 bridgehead atoms. The molecule has 0 spiro atoms. The van der Waals surface area contributed by atoms with Gasteiger partial charge in [-0.1, -0.05) is 32.9 Å². The van der Waals surface area contributed by atoms with E-state index in [0.29, 0.717) is 5.92 Å². The lowest BCUT2D eigenvalue weighted by atomic mass is 9.82. The Kier molecular flexibility index (Phi) is 4.71. The Morgan fingerprint density at radius 3 is 2.35 bits per heavy atom. The molecular formula is C17H27NO2. The van der Waals surface area contributed by atoms with Crippen LogP contribution < -0.4 is 10.5 Å². The van der Waals surface area contributed by atoms with Crippen LogP contribution in [0.25, 0.3) is 0 Å². The minimum absolute atomic E-state index is 0.0279. The Hall–Kier alpha value is -1.06. The summed E-state index contributed by atoms with van der Waals surface area (Å²) in [4.78, 5) is 0. The lowest BCUT2D eigenvalue weighted by molar-refractivity contribution is 0.0882. The third kappa shape index (κ3) is 3.53. The van der Waals surface area contributed by atoms with Crippen molar-refractivity contribution in [3.05, 3.63) is 29.8 Å². The first kappa shape index (κ1) is 15.3. The van der Waals surface area contributed by atoms with Gasteiger partial charge in [-0.05, 0) is 48.3 Å². The quantitative estimate of drug-likeness (QED) is 0.806. The van der Waals surface area contributed by atoms with Gasteiger partial charge in [0.05, 0.1) is 6.61 Å². The van der Waals surface area contributed by atoms with E-state index in [4.69, 9.17) is 10.5 Å². The summed E-state index contributed by atoms with van der Waals surface area (Å²) in [6.45, 7) is 6.64. The number of benzene rings is 1. The molecular weight excluding hydrogens is 250 g/mol. The third-order valence-electron chi connectivity index (χ3n) is 4.58. The molecule has 20 heavy (non-hydrogen) atoms. The van der Waals surface area contributed by atoms with Crippen LogP contribution in [0.5, 0.6) is 5.75 Å². The van der Waals surface area contributed by atoms with E-state index in [1.807, 2.05) is 12.1 Å². The number of aliphatic hydroxyl groups is 1. The fraction of sp³-hybridized carbons (Fsp3) is 0.647. The second-order valence-electron chi connectivity index (χ2n) is 6.52. The topological polar surface area (TPSA) is 55.5 Å². The van der Waals surface area contributed by atoms with E-state index < -0.39 is 0 Å². The first-order valence-corrected chi connectivity index (χ1v) is 7.61. The summed E-state index contributed by atoms with van der Waals surface area (Å²) in [5, 5.41) is 9.45. The normalized spacial score (nSPS) is 18.6. The molecule has 0 amide bonds. The molecule has 1 aromatic carbocycles. The second kappa shape index (κ2) is 6.15. The summed E-state index contributed by atoms with van der Waals surface area (Å²) in [5.74, 6) is 1.31. The van der Waals surface area contributed by atoms with Crippen molar-refractivity contribution in [3.63, 3.8) is 0 Å². The average Bonchev–Trinajstić information content (AvgIpc) is 3.29. The van der Waals surface area contributed by atoms with Crippen molar-refractivity contribution in [1.29, 1.82) is 0 Å². The highest BCUT2D eigenvalue weighted by atomic mass is 16.5. The first-order chi connectivity index (χ1) is 9.47. The Morgan fingerprint density at radius 2 is 1.90 bits per heavy atom. The summed E-state index contributed by atoms with van der Waals surface area (Å²) in [7, 11) is 0. The van der Waals surface area contributed by atoms with Gasteiger partial charge in [0.15, 0.2) is 0 Å². The maximum atomic E-state index is 9.45. The zero-order chi connectivity index (χ0) is 14.8. The average molecular weight is 277 g/mol. The number of aliphatic hydroxyl groups excluding tert-OH is 1. The minimum Gasteiger partial charge on any atom is -0.486 e. The van der Waals surface area contributed by atoms with E-state index in [1.165, 1.54) is 5.56 Å². The van der Waals surface area contributed by atoms with Gasteiger partial charge >= 0.3 is 0 Å². The molecule has 1 saturated carbocycles. The van der Waals surface area contributed by atoms with E-state index in [2.05, 4.69) is 32.9 Å². The van der Waals surface area contributed by atoms with Gasteiger partial charge in [-0.2, -0.15) is 0 Å².